The number of pyridine rings is 1. The molecule has 1 aromatic heterocycles. The van der Waals surface area contributed by atoms with E-state index in [0.717, 1.165) is 18.3 Å². The molecule has 0 saturated heterocycles. The van der Waals surface area contributed by atoms with Gasteiger partial charge in [0.25, 0.3) is 0 Å². The first kappa shape index (κ1) is 12.6. The zero-order valence-electron chi connectivity index (χ0n) is 11.0. The van der Waals surface area contributed by atoms with Crippen LogP contribution in [0.15, 0.2) is 24.4 Å². The molecule has 1 aromatic rings. The Morgan fingerprint density at radius 2 is 2.18 bits per heavy atom. The van der Waals surface area contributed by atoms with Crippen molar-refractivity contribution in [2.75, 3.05) is 0 Å². The Balaban J connectivity index is 1.99. The topological polar surface area (TPSA) is 38.9 Å². The van der Waals surface area contributed by atoms with Crippen molar-refractivity contribution in [2.24, 2.45) is 23.5 Å². The van der Waals surface area contributed by atoms with Gasteiger partial charge in [-0.05, 0) is 55.6 Å². The average molecular weight is 232 g/mol. The third-order valence-corrected chi connectivity index (χ3v) is 4.22. The Morgan fingerprint density at radius 1 is 1.35 bits per heavy atom. The van der Waals surface area contributed by atoms with E-state index in [9.17, 15) is 0 Å². The van der Waals surface area contributed by atoms with E-state index in [1.54, 1.807) is 0 Å². The van der Waals surface area contributed by atoms with Crippen LogP contribution in [-0.4, -0.2) is 11.0 Å². The minimum atomic E-state index is 0.368. The van der Waals surface area contributed by atoms with E-state index >= 15 is 0 Å². The maximum atomic E-state index is 6.26. The summed E-state index contributed by atoms with van der Waals surface area (Å²) in [4.78, 5) is 4.42. The molecule has 1 aliphatic rings. The highest BCUT2D eigenvalue weighted by molar-refractivity contribution is 5.05. The fourth-order valence-electron chi connectivity index (χ4n) is 2.95. The lowest BCUT2D eigenvalue weighted by molar-refractivity contribution is 0.188. The molecular weight excluding hydrogens is 208 g/mol. The maximum absolute atomic E-state index is 6.26. The fourth-order valence-corrected chi connectivity index (χ4v) is 2.95. The van der Waals surface area contributed by atoms with Crippen molar-refractivity contribution >= 4 is 0 Å². The summed E-state index contributed by atoms with van der Waals surface area (Å²) in [6, 6.07) is 6.52. The van der Waals surface area contributed by atoms with Gasteiger partial charge in [0.2, 0.25) is 0 Å². The molecule has 2 N–H and O–H groups in total. The summed E-state index contributed by atoms with van der Waals surface area (Å²) >= 11 is 0. The molecule has 2 nitrogen and oxygen atoms in total. The molecule has 0 bridgehead atoms. The summed E-state index contributed by atoms with van der Waals surface area (Å²) in [5.41, 5.74) is 7.45. The van der Waals surface area contributed by atoms with Crippen molar-refractivity contribution < 1.29 is 0 Å². The van der Waals surface area contributed by atoms with E-state index in [-0.39, 0.29) is 0 Å². The van der Waals surface area contributed by atoms with Crippen LogP contribution in [0.4, 0.5) is 0 Å². The van der Waals surface area contributed by atoms with Gasteiger partial charge in [-0.25, -0.2) is 0 Å². The molecule has 17 heavy (non-hydrogen) atoms. The van der Waals surface area contributed by atoms with Gasteiger partial charge in [-0.1, -0.05) is 19.9 Å². The van der Waals surface area contributed by atoms with Gasteiger partial charge in [0, 0.05) is 17.9 Å². The predicted molar refractivity (Wildman–Crippen MR) is 71.6 cm³/mol. The first-order valence-electron chi connectivity index (χ1n) is 6.82. The molecule has 0 spiro atoms. The molecule has 3 atom stereocenters. The van der Waals surface area contributed by atoms with Crippen LogP contribution in [-0.2, 0) is 6.42 Å². The normalized spacial score (nSPS) is 29.5. The Hall–Kier alpha value is -0.890. The Labute approximate surface area is 105 Å². The molecule has 2 heteroatoms. The zero-order chi connectivity index (χ0) is 12.3. The summed E-state index contributed by atoms with van der Waals surface area (Å²) in [5.74, 6) is 2.25. The predicted octanol–water partition coefficient (Wildman–Crippen LogP) is 3.02. The van der Waals surface area contributed by atoms with E-state index in [1.807, 2.05) is 12.3 Å². The molecule has 1 heterocycles. The zero-order valence-corrected chi connectivity index (χ0v) is 11.0. The van der Waals surface area contributed by atoms with Gasteiger partial charge in [-0.2, -0.15) is 0 Å². The minimum absolute atomic E-state index is 0.368. The summed E-state index contributed by atoms with van der Waals surface area (Å²) < 4.78 is 0. The van der Waals surface area contributed by atoms with Crippen LogP contribution in [0.3, 0.4) is 0 Å². The molecule has 1 saturated carbocycles. The maximum Gasteiger partial charge on any atom is 0.0406 e. The van der Waals surface area contributed by atoms with Crippen LogP contribution in [0.25, 0.3) is 0 Å². The van der Waals surface area contributed by atoms with Crippen LogP contribution in [0.5, 0.6) is 0 Å². The SMILES string of the molecule is CC(C)C1CCC(N)C(Cc2ccccn2)C1. The highest BCUT2D eigenvalue weighted by atomic mass is 14.7. The highest BCUT2D eigenvalue weighted by Crippen LogP contribution is 2.34. The molecule has 0 radical (unpaired) electrons. The largest absolute Gasteiger partial charge is 0.327 e. The Kier molecular flexibility index (Phi) is 4.16. The molecule has 0 aliphatic heterocycles. The van der Waals surface area contributed by atoms with Gasteiger partial charge in [0.1, 0.15) is 0 Å². The number of hydrogen-bond acceptors (Lipinski definition) is 2. The van der Waals surface area contributed by atoms with Crippen molar-refractivity contribution in [1.29, 1.82) is 0 Å². The van der Waals surface area contributed by atoms with Crippen molar-refractivity contribution in [3.8, 4) is 0 Å². The van der Waals surface area contributed by atoms with Crippen LogP contribution in [0, 0.1) is 17.8 Å². The van der Waals surface area contributed by atoms with Crippen molar-refractivity contribution in [3.63, 3.8) is 0 Å². The Bertz CT molecular complexity index is 334. The fraction of sp³-hybridized carbons (Fsp3) is 0.667. The van der Waals surface area contributed by atoms with Crippen LogP contribution in [0.1, 0.15) is 38.8 Å². The van der Waals surface area contributed by atoms with E-state index < -0.39 is 0 Å². The number of nitrogens with two attached hydrogens (primary N) is 1. The lowest BCUT2D eigenvalue weighted by Crippen LogP contribution is -2.38. The van der Waals surface area contributed by atoms with E-state index in [4.69, 9.17) is 5.73 Å². The van der Waals surface area contributed by atoms with Gasteiger partial charge >= 0.3 is 0 Å². The van der Waals surface area contributed by atoms with E-state index in [2.05, 4.69) is 31.0 Å². The number of hydrogen-bond donors (Lipinski definition) is 1. The lowest BCUT2D eigenvalue weighted by Gasteiger charge is -2.36. The third-order valence-electron chi connectivity index (χ3n) is 4.22. The summed E-state index contributed by atoms with van der Waals surface area (Å²) in [7, 11) is 0. The molecule has 2 rings (SSSR count). The second-order valence-corrected chi connectivity index (χ2v) is 5.77. The van der Waals surface area contributed by atoms with Crippen LogP contribution in [0.2, 0.25) is 0 Å². The van der Waals surface area contributed by atoms with Gasteiger partial charge < -0.3 is 5.73 Å². The molecule has 0 amide bonds. The Morgan fingerprint density at radius 3 is 2.82 bits per heavy atom. The molecule has 1 aliphatic carbocycles. The second-order valence-electron chi connectivity index (χ2n) is 5.77. The minimum Gasteiger partial charge on any atom is -0.327 e. The molecule has 3 unspecified atom stereocenters. The summed E-state index contributed by atoms with van der Waals surface area (Å²) in [5, 5.41) is 0. The molecule has 1 fully saturated rings. The molecule has 94 valence electrons. The first-order valence-corrected chi connectivity index (χ1v) is 6.82. The molecule has 0 aromatic carbocycles. The highest BCUT2D eigenvalue weighted by Gasteiger charge is 2.29. The number of nitrogens with zero attached hydrogens (tertiary/aromatic N) is 1. The molecular formula is C15H24N2. The average Bonchev–Trinajstić information content (AvgIpc) is 2.33. The van der Waals surface area contributed by atoms with Crippen molar-refractivity contribution in [1.82, 2.24) is 4.98 Å². The smallest absolute Gasteiger partial charge is 0.0406 e. The van der Waals surface area contributed by atoms with E-state index in [1.165, 1.54) is 25.0 Å². The summed E-state index contributed by atoms with van der Waals surface area (Å²) in [6.07, 6.45) is 6.68. The van der Waals surface area contributed by atoms with Crippen molar-refractivity contribution in [2.45, 2.75) is 45.6 Å². The van der Waals surface area contributed by atoms with Gasteiger partial charge in [0.15, 0.2) is 0 Å². The quantitative estimate of drug-likeness (QED) is 0.870. The van der Waals surface area contributed by atoms with E-state index in [0.29, 0.717) is 12.0 Å². The van der Waals surface area contributed by atoms with Crippen molar-refractivity contribution in [3.05, 3.63) is 30.1 Å². The second kappa shape index (κ2) is 5.63. The lowest BCUT2D eigenvalue weighted by atomic mass is 9.72. The van der Waals surface area contributed by atoms with Crippen LogP contribution >= 0.6 is 0 Å². The standard InChI is InChI=1S/C15H24N2/c1-11(2)12-6-7-15(16)13(9-12)10-14-5-3-4-8-17-14/h3-5,8,11-13,15H,6-7,9-10,16H2,1-2H3. The van der Waals surface area contributed by atoms with Gasteiger partial charge in [0.05, 0.1) is 0 Å². The summed E-state index contributed by atoms with van der Waals surface area (Å²) in [6.45, 7) is 4.67. The van der Waals surface area contributed by atoms with Gasteiger partial charge in [-0.3, -0.25) is 4.98 Å². The van der Waals surface area contributed by atoms with Gasteiger partial charge in [-0.15, -0.1) is 0 Å². The monoisotopic (exact) mass is 232 g/mol. The van der Waals surface area contributed by atoms with Crippen LogP contribution < -0.4 is 5.73 Å². The number of rotatable bonds is 3. The number of aromatic nitrogens is 1. The third kappa shape index (κ3) is 3.29. The first-order chi connectivity index (χ1) is 8.16.